The highest BCUT2D eigenvalue weighted by molar-refractivity contribution is 6.31. The van der Waals surface area contributed by atoms with Gasteiger partial charge < -0.3 is 23.5 Å². The average Bonchev–Trinajstić information content (AvgIpc) is 3.17. The van der Waals surface area contributed by atoms with E-state index >= 15 is 0 Å². The molecule has 1 unspecified atom stereocenters. The molecule has 0 saturated heterocycles. The van der Waals surface area contributed by atoms with Crippen LogP contribution < -0.4 is 19.6 Å². The van der Waals surface area contributed by atoms with E-state index in [-0.39, 0.29) is 29.2 Å². The largest absolute Gasteiger partial charge is 0.497 e. The molecule has 1 amide bonds. The molecule has 0 spiro atoms. The second kappa shape index (κ2) is 10.2. The van der Waals surface area contributed by atoms with E-state index in [1.165, 1.54) is 0 Å². The molecule has 7 nitrogen and oxygen atoms in total. The maximum atomic E-state index is 13.8. The Balaban J connectivity index is 1.69. The molecule has 1 atom stereocenters. The van der Waals surface area contributed by atoms with Crippen LogP contribution in [0.4, 0.5) is 0 Å². The van der Waals surface area contributed by atoms with Gasteiger partial charge in [-0.3, -0.25) is 9.59 Å². The number of rotatable bonds is 8. The maximum absolute atomic E-state index is 13.8. The van der Waals surface area contributed by atoms with Crippen LogP contribution in [-0.4, -0.2) is 31.1 Å². The molecule has 37 heavy (non-hydrogen) atoms. The molecule has 8 heteroatoms. The van der Waals surface area contributed by atoms with Crippen LogP contribution in [0, 0.1) is 0 Å². The Morgan fingerprint density at radius 1 is 0.919 bits per heavy atom. The van der Waals surface area contributed by atoms with Crippen molar-refractivity contribution >= 4 is 28.5 Å². The zero-order valence-electron chi connectivity index (χ0n) is 20.7. The Kier molecular flexibility index (Phi) is 6.80. The van der Waals surface area contributed by atoms with Crippen molar-refractivity contribution in [3.63, 3.8) is 0 Å². The first-order chi connectivity index (χ1) is 17.9. The standard InChI is InChI=1S/C29H26ClNO6/c1-4-35-23-12-8-18(14-24(23)36-5-2)26-25-27(32)21-15-19(30)9-13-22(21)37-28(25)29(33)31(26)16-17-6-10-20(34-3)11-7-17/h6-15,26H,4-5,16H2,1-3H3. The van der Waals surface area contributed by atoms with Crippen LogP contribution in [0.2, 0.25) is 5.02 Å². The summed E-state index contributed by atoms with van der Waals surface area (Å²) in [5, 5.41) is 0.738. The van der Waals surface area contributed by atoms with Gasteiger partial charge in [0.2, 0.25) is 5.76 Å². The summed E-state index contributed by atoms with van der Waals surface area (Å²) in [5.74, 6) is 1.52. The van der Waals surface area contributed by atoms with Crippen molar-refractivity contribution in [2.24, 2.45) is 0 Å². The topological polar surface area (TPSA) is 78.2 Å². The second-order valence-electron chi connectivity index (χ2n) is 8.57. The highest BCUT2D eigenvalue weighted by Gasteiger charge is 2.43. The van der Waals surface area contributed by atoms with Crippen LogP contribution in [0.5, 0.6) is 17.2 Å². The minimum absolute atomic E-state index is 0.0326. The van der Waals surface area contributed by atoms with Crippen molar-refractivity contribution in [3.8, 4) is 17.2 Å². The third-order valence-electron chi connectivity index (χ3n) is 6.32. The van der Waals surface area contributed by atoms with Gasteiger partial charge in [0.1, 0.15) is 11.3 Å². The highest BCUT2D eigenvalue weighted by Crippen LogP contribution is 2.42. The predicted octanol–water partition coefficient (Wildman–Crippen LogP) is 6.00. The summed E-state index contributed by atoms with van der Waals surface area (Å²) < 4.78 is 22.9. The Hall–Kier alpha value is -3.97. The Labute approximate surface area is 219 Å². The molecule has 1 aliphatic heterocycles. The molecule has 1 aromatic heterocycles. The van der Waals surface area contributed by atoms with Crippen LogP contribution >= 0.6 is 11.6 Å². The molecule has 0 bridgehead atoms. The van der Waals surface area contributed by atoms with E-state index in [2.05, 4.69) is 0 Å². The molecule has 0 radical (unpaired) electrons. The maximum Gasteiger partial charge on any atom is 0.291 e. The summed E-state index contributed by atoms with van der Waals surface area (Å²) in [6, 6.07) is 17.0. The number of ether oxygens (including phenoxy) is 3. The van der Waals surface area contributed by atoms with Gasteiger partial charge in [-0.15, -0.1) is 0 Å². The SMILES string of the molecule is CCOc1ccc(C2c3c(oc4ccc(Cl)cc4c3=O)C(=O)N2Cc2ccc(OC)cc2)cc1OCC. The summed E-state index contributed by atoms with van der Waals surface area (Å²) in [5.41, 5.74) is 1.89. The van der Waals surface area contributed by atoms with Crippen molar-refractivity contribution < 1.29 is 23.4 Å². The highest BCUT2D eigenvalue weighted by atomic mass is 35.5. The first kappa shape index (κ1) is 24.7. The number of amides is 1. The smallest absolute Gasteiger partial charge is 0.291 e. The van der Waals surface area contributed by atoms with Gasteiger partial charge in [0, 0.05) is 11.6 Å². The van der Waals surface area contributed by atoms with E-state index in [4.69, 9.17) is 30.2 Å². The van der Waals surface area contributed by atoms with E-state index in [9.17, 15) is 9.59 Å². The molecule has 0 aliphatic carbocycles. The lowest BCUT2D eigenvalue weighted by Gasteiger charge is -2.26. The lowest BCUT2D eigenvalue weighted by atomic mass is 9.97. The molecular formula is C29H26ClNO6. The van der Waals surface area contributed by atoms with Crippen molar-refractivity contribution in [3.05, 3.63) is 98.4 Å². The molecule has 1 aliphatic rings. The van der Waals surface area contributed by atoms with E-state index in [0.717, 1.165) is 5.56 Å². The fourth-order valence-corrected chi connectivity index (χ4v) is 4.84. The number of methoxy groups -OCH3 is 1. The summed E-state index contributed by atoms with van der Waals surface area (Å²) in [7, 11) is 1.60. The second-order valence-corrected chi connectivity index (χ2v) is 9.01. The zero-order chi connectivity index (χ0) is 26.1. The van der Waals surface area contributed by atoms with Crippen molar-refractivity contribution in [2.75, 3.05) is 20.3 Å². The van der Waals surface area contributed by atoms with Crippen molar-refractivity contribution in [2.45, 2.75) is 26.4 Å². The van der Waals surface area contributed by atoms with E-state index in [0.29, 0.717) is 52.0 Å². The number of halogens is 1. The third-order valence-corrected chi connectivity index (χ3v) is 6.56. The van der Waals surface area contributed by atoms with Crippen LogP contribution in [0.25, 0.3) is 11.0 Å². The van der Waals surface area contributed by atoms with E-state index in [1.54, 1.807) is 36.3 Å². The molecule has 0 fully saturated rings. The lowest BCUT2D eigenvalue weighted by Crippen LogP contribution is -2.29. The number of nitrogens with zero attached hydrogens (tertiary/aromatic N) is 1. The summed E-state index contributed by atoms with van der Waals surface area (Å²) in [4.78, 5) is 29.2. The van der Waals surface area contributed by atoms with Crippen LogP contribution in [0.15, 0.2) is 69.9 Å². The molecule has 190 valence electrons. The number of hydrogen-bond donors (Lipinski definition) is 0. The minimum atomic E-state index is -0.695. The predicted molar refractivity (Wildman–Crippen MR) is 141 cm³/mol. The number of fused-ring (bicyclic) bond motifs is 2. The van der Waals surface area contributed by atoms with Gasteiger partial charge >= 0.3 is 0 Å². The minimum Gasteiger partial charge on any atom is -0.497 e. The van der Waals surface area contributed by atoms with Gasteiger partial charge in [-0.25, -0.2) is 0 Å². The fourth-order valence-electron chi connectivity index (χ4n) is 4.67. The summed E-state index contributed by atoms with van der Waals surface area (Å²) in [6.45, 7) is 4.95. The molecular weight excluding hydrogens is 494 g/mol. The molecule has 5 rings (SSSR count). The van der Waals surface area contributed by atoms with Gasteiger partial charge in [0.05, 0.1) is 37.3 Å². The van der Waals surface area contributed by atoms with Gasteiger partial charge in [-0.2, -0.15) is 0 Å². The lowest BCUT2D eigenvalue weighted by molar-refractivity contribution is 0.0714. The first-order valence-electron chi connectivity index (χ1n) is 12.0. The molecule has 4 aromatic rings. The average molecular weight is 520 g/mol. The monoisotopic (exact) mass is 519 g/mol. The van der Waals surface area contributed by atoms with Gasteiger partial charge in [0.25, 0.3) is 5.91 Å². The van der Waals surface area contributed by atoms with Gasteiger partial charge in [-0.1, -0.05) is 29.8 Å². The Morgan fingerprint density at radius 2 is 1.65 bits per heavy atom. The van der Waals surface area contributed by atoms with E-state index < -0.39 is 6.04 Å². The number of hydrogen-bond acceptors (Lipinski definition) is 6. The van der Waals surface area contributed by atoms with Crippen LogP contribution in [0.1, 0.15) is 47.1 Å². The Bertz CT molecular complexity index is 1530. The van der Waals surface area contributed by atoms with Gasteiger partial charge in [0.15, 0.2) is 16.9 Å². The van der Waals surface area contributed by atoms with Gasteiger partial charge in [-0.05, 0) is 67.4 Å². The molecule has 0 saturated carbocycles. The van der Waals surface area contributed by atoms with Crippen molar-refractivity contribution in [1.82, 2.24) is 4.90 Å². The first-order valence-corrected chi connectivity index (χ1v) is 12.4. The molecule has 2 heterocycles. The molecule has 3 aromatic carbocycles. The summed E-state index contributed by atoms with van der Waals surface area (Å²) in [6.07, 6.45) is 0. The zero-order valence-corrected chi connectivity index (χ0v) is 21.5. The van der Waals surface area contributed by atoms with Crippen molar-refractivity contribution in [1.29, 1.82) is 0 Å². The number of benzene rings is 3. The quantitative estimate of drug-likeness (QED) is 0.284. The number of carbonyl (C=O) groups is 1. The molecule has 0 N–H and O–H groups in total. The number of carbonyl (C=O) groups excluding carboxylic acids is 1. The summed E-state index contributed by atoms with van der Waals surface area (Å²) >= 11 is 6.19. The van der Waals surface area contributed by atoms with Crippen LogP contribution in [-0.2, 0) is 6.54 Å². The fraction of sp³-hybridized carbons (Fsp3) is 0.241. The van der Waals surface area contributed by atoms with Crippen LogP contribution in [0.3, 0.4) is 0 Å². The Morgan fingerprint density at radius 3 is 2.35 bits per heavy atom. The third kappa shape index (κ3) is 4.51. The normalized spacial score (nSPS) is 14.6. The van der Waals surface area contributed by atoms with E-state index in [1.807, 2.05) is 50.2 Å².